The van der Waals surface area contributed by atoms with Gasteiger partial charge in [0.1, 0.15) is 5.01 Å². The topological polar surface area (TPSA) is 62.3 Å². The number of para-hydroxylation sites is 1. The van der Waals surface area contributed by atoms with E-state index in [4.69, 9.17) is 0 Å². The number of benzene rings is 1. The predicted octanol–water partition coefficient (Wildman–Crippen LogP) is 4.55. The Morgan fingerprint density at radius 1 is 1.00 bits per heavy atom. The molecule has 1 aliphatic heterocycles. The van der Waals surface area contributed by atoms with Crippen LogP contribution in [-0.4, -0.2) is 41.3 Å². The normalized spacial score (nSPS) is 14.8. The summed E-state index contributed by atoms with van der Waals surface area (Å²) < 4.78 is 1.14. The van der Waals surface area contributed by atoms with Crippen molar-refractivity contribution < 1.29 is 9.59 Å². The Morgan fingerprint density at radius 2 is 1.79 bits per heavy atom. The third-order valence-corrected chi connectivity index (χ3v) is 7.21. The summed E-state index contributed by atoms with van der Waals surface area (Å²) in [5, 5.41) is 3.81. The number of hydrogen-bond acceptors (Lipinski definition) is 5. The van der Waals surface area contributed by atoms with Crippen LogP contribution in [0.5, 0.6) is 0 Å². The van der Waals surface area contributed by atoms with Gasteiger partial charge in [0.25, 0.3) is 5.91 Å². The molecule has 3 aromatic rings. The molecule has 1 aromatic carbocycles. The summed E-state index contributed by atoms with van der Waals surface area (Å²) in [6.45, 7) is 2.08. The monoisotopic (exact) mass is 413 g/mol. The highest BCUT2D eigenvalue weighted by Crippen LogP contribution is 2.34. The second-order valence-electron chi connectivity index (χ2n) is 6.95. The van der Waals surface area contributed by atoms with Gasteiger partial charge in [0.2, 0.25) is 5.91 Å². The van der Waals surface area contributed by atoms with Crippen molar-refractivity contribution in [1.82, 2.24) is 15.2 Å². The maximum atomic E-state index is 12.4. The van der Waals surface area contributed by atoms with E-state index in [1.807, 2.05) is 35.2 Å². The van der Waals surface area contributed by atoms with Crippen molar-refractivity contribution >= 4 is 44.7 Å². The zero-order chi connectivity index (χ0) is 19.3. The summed E-state index contributed by atoms with van der Waals surface area (Å²) >= 11 is 3.07. The smallest absolute Gasteiger partial charge is 0.261 e. The maximum Gasteiger partial charge on any atom is 0.261 e. The highest BCUT2D eigenvalue weighted by molar-refractivity contribution is 7.26. The molecule has 2 aromatic heterocycles. The molecule has 1 fully saturated rings. The number of fused-ring (bicyclic) bond motifs is 1. The van der Waals surface area contributed by atoms with Gasteiger partial charge in [0.05, 0.1) is 20.0 Å². The van der Waals surface area contributed by atoms with E-state index >= 15 is 0 Å². The van der Waals surface area contributed by atoms with Crippen molar-refractivity contribution in [3.63, 3.8) is 0 Å². The van der Waals surface area contributed by atoms with Gasteiger partial charge in [-0.15, -0.1) is 22.7 Å². The van der Waals surface area contributed by atoms with Gasteiger partial charge in [-0.05, 0) is 37.1 Å². The van der Waals surface area contributed by atoms with E-state index < -0.39 is 0 Å². The second kappa shape index (κ2) is 8.84. The van der Waals surface area contributed by atoms with Gasteiger partial charge in [0, 0.05) is 26.1 Å². The Bertz CT molecular complexity index is 938. The number of carbonyl (C=O) groups excluding carboxylic acids is 2. The molecular weight excluding hydrogens is 390 g/mol. The van der Waals surface area contributed by atoms with Gasteiger partial charge in [-0.3, -0.25) is 9.59 Å². The van der Waals surface area contributed by atoms with Crippen LogP contribution in [0.3, 0.4) is 0 Å². The molecule has 0 unspecified atom stereocenters. The first-order chi connectivity index (χ1) is 13.7. The molecule has 0 radical (unpaired) electrons. The van der Waals surface area contributed by atoms with Crippen LogP contribution in [0.15, 0.2) is 36.4 Å². The molecule has 1 N–H and O–H groups in total. The van der Waals surface area contributed by atoms with Crippen LogP contribution >= 0.6 is 22.7 Å². The van der Waals surface area contributed by atoms with E-state index in [1.165, 1.54) is 24.2 Å². The first kappa shape index (κ1) is 19.1. The van der Waals surface area contributed by atoms with Crippen molar-refractivity contribution in [3.05, 3.63) is 41.3 Å². The Labute approximate surface area is 172 Å². The molecule has 0 aliphatic carbocycles. The standard InChI is InChI=1S/C21H23N3O2S2/c25-19(24-13-5-1-2-6-14-24)11-12-22-20(26)17-9-10-18(27-17)21-23-15-7-3-4-8-16(15)28-21/h3-4,7-10H,1-2,5-6,11-14H2,(H,22,26). The average molecular weight is 414 g/mol. The minimum Gasteiger partial charge on any atom is -0.351 e. The number of nitrogens with one attached hydrogen (secondary N) is 1. The summed E-state index contributed by atoms with van der Waals surface area (Å²) in [6, 6.07) is 11.8. The molecule has 4 rings (SSSR count). The zero-order valence-corrected chi connectivity index (χ0v) is 17.3. The summed E-state index contributed by atoms with van der Waals surface area (Å²) in [5.41, 5.74) is 0.980. The lowest BCUT2D eigenvalue weighted by Gasteiger charge is -2.20. The van der Waals surface area contributed by atoms with Crippen LogP contribution in [-0.2, 0) is 4.79 Å². The van der Waals surface area contributed by atoms with Gasteiger partial charge in [-0.25, -0.2) is 4.98 Å². The lowest BCUT2D eigenvalue weighted by atomic mass is 10.2. The first-order valence-corrected chi connectivity index (χ1v) is 11.4. The molecule has 5 nitrogen and oxygen atoms in total. The number of thiazole rings is 1. The van der Waals surface area contributed by atoms with Gasteiger partial charge in [-0.2, -0.15) is 0 Å². The minimum absolute atomic E-state index is 0.124. The quantitative estimate of drug-likeness (QED) is 0.668. The van der Waals surface area contributed by atoms with E-state index in [0.717, 1.165) is 46.0 Å². The van der Waals surface area contributed by atoms with Crippen molar-refractivity contribution in [2.75, 3.05) is 19.6 Å². The molecule has 1 aliphatic rings. The molecular formula is C21H23N3O2S2. The van der Waals surface area contributed by atoms with Gasteiger partial charge < -0.3 is 10.2 Å². The highest BCUT2D eigenvalue weighted by atomic mass is 32.1. The molecule has 0 atom stereocenters. The summed E-state index contributed by atoms with van der Waals surface area (Å²) in [4.78, 5) is 33.0. The molecule has 7 heteroatoms. The molecule has 0 spiro atoms. The Balaban J connectivity index is 1.32. The van der Waals surface area contributed by atoms with Crippen molar-refractivity contribution in [2.24, 2.45) is 0 Å². The van der Waals surface area contributed by atoms with E-state index in [9.17, 15) is 9.59 Å². The van der Waals surface area contributed by atoms with Crippen LogP contribution in [0.4, 0.5) is 0 Å². The molecule has 3 heterocycles. The van der Waals surface area contributed by atoms with Gasteiger partial charge in [-0.1, -0.05) is 25.0 Å². The molecule has 2 amide bonds. The Kier molecular flexibility index (Phi) is 6.02. The third kappa shape index (κ3) is 4.42. The van der Waals surface area contributed by atoms with Crippen molar-refractivity contribution in [1.29, 1.82) is 0 Å². The van der Waals surface area contributed by atoms with E-state index in [0.29, 0.717) is 17.8 Å². The number of carbonyl (C=O) groups is 2. The lowest BCUT2D eigenvalue weighted by molar-refractivity contribution is -0.131. The third-order valence-electron chi connectivity index (χ3n) is 4.92. The van der Waals surface area contributed by atoms with E-state index in [2.05, 4.69) is 16.4 Å². The van der Waals surface area contributed by atoms with Crippen LogP contribution in [0, 0.1) is 0 Å². The van der Waals surface area contributed by atoms with Crippen LogP contribution < -0.4 is 5.32 Å². The van der Waals surface area contributed by atoms with Gasteiger partial charge >= 0.3 is 0 Å². The second-order valence-corrected chi connectivity index (χ2v) is 9.07. The zero-order valence-electron chi connectivity index (χ0n) is 15.6. The summed E-state index contributed by atoms with van der Waals surface area (Å²) in [7, 11) is 0. The van der Waals surface area contributed by atoms with Crippen LogP contribution in [0.2, 0.25) is 0 Å². The number of rotatable bonds is 5. The first-order valence-electron chi connectivity index (χ1n) is 9.72. The molecule has 146 valence electrons. The Hall–Kier alpha value is -2.25. The van der Waals surface area contributed by atoms with Crippen LogP contribution in [0.25, 0.3) is 20.1 Å². The fourth-order valence-corrected chi connectivity index (χ4v) is 5.34. The number of nitrogens with zero attached hydrogens (tertiary/aromatic N) is 2. The number of likely N-dealkylation sites (tertiary alicyclic amines) is 1. The van der Waals surface area contributed by atoms with Crippen LogP contribution in [0.1, 0.15) is 41.8 Å². The SMILES string of the molecule is O=C(NCCC(=O)N1CCCCCC1)c1ccc(-c2nc3ccccc3s2)s1. The molecule has 0 bridgehead atoms. The fourth-order valence-electron chi connectivity index (χ4n) is 3.40. The largest absolute Gasteiger partial charge is 0.351 e. The number of aromatic nitrogens is 1. The highest BCUT2D eigenvalue weighted by Gasteiger charge is 2.16. The molecule has 1 saturated heterocycles. The van der Waals surface area contributed by atoms with E-state index in [1.54, 1.807) is 11.3 Å². The predicted molar refractivity (Wildman–Crippen MR) is 115 cm³/mol. The van der Waals surface area contributed by atoms with Crippen molar-refractivity contribution in [3.8, 4) is 9.88 Å². The lowest BCUT2D eigenvalue weighted by Crippen LogP contribution is -2.35. The molecule has 0 saturated carbocycles. The minimum atomic E-state index is -0.124. The number of amides is 2. The number of hydrogen-bond donors (Lipinski definition) is 1. The van der Waals surface area contributed by atoms with E-state index in [-0.39, 0.29) is 11.8 Å². The number of thiophene rings is 1. The average Bonchev–Trinajstić information content (AvgIpc) is 3.27. The molecule has 28 heavy (non-hydrogen) atoms. The maximum absolute atomic E-state index is 12.4. The van der Waals surface area contributed by atoms with Gasteiger partial charge in [0.15, 0.2) is 0 Å². The van der Waals surface area contributed by atoms with Crippen molar-refractivity contribution in [2.45, 2.75) is 32.1 Å². The fraction of sp³-hybridized carbons (Fsp3) is 0.381. The summed E-state index contributed by atoms with van der Waals surface area (Å²) in [6.07, 6.45) is 4.94. The summed E-state index contributed by atoms with van der Waals surface area (Å²) in [5.74, 6) is 0.0181. The Morgan fingerprint density at radius 3 is 2.57 bits per heavy atom.